The molecule has 19 heavy (non-hydrogen) atoms. The zero-order valence-electron chi connectivity index (χ0n) is 11.5. The monoisotopic (exact) mass is 276 g/mol. The molecule has 2 aromatic heterocycles. The van der Waals surface area contributed by atoms with Crippen LogP contribution in [0.1, 0.15) is 37.6 Å². The molecule has 2 heterocycles. The second-order valence-electron chi connectivity index (χ2n) is 5.72. The third-order valence-corrected chi connectivity index (χ3v) is 5.24. The summed E-state index contributed by atoms with van der Waals surface area (Å²) in [4.78, 5) is 4.77. The van der Waals surface area contributed by atoms with Crippen molar-refractivity contribution in [1.82, 2.24) is 14.8 Å². The van der Waals surface area contributed by atoms with Gasteiger partial charge in [0.15, 0.2) is 0 Å². The summed E-state index contributed by atoms with van der Waals surface area (Å²) in [7, 11) is 1.94. The van der Waals surface area contributed by atoms with Gasteiger partial charge in [0.05, 0.1) is 16.9 Å². The van der Waals surface area contributed by atoms with Gasteiger partial charge in [0.2, 0.25) is 0 Å². The predicted molar refractivity (Wildman–Crippen MR) is 77.8 cm³/mol. The zero-order chi connectivity index (χ0) is 13.5. The Kier molecular flexibility index (Phi) is 3.19. The van der Waals surface area contributed by atoms with E-state index in [0.29, 0.717) is 0 Å². The summed E-state index contributed by atoms with van der Waals surface area (Å²) in [6, 6.07) is 1.99. The summed E-state index contributed by atoms with van der Waals surface area (Å²) in [5.41, 5.74) is 8.40. The van der Waals surface area contributed by atoms with Gasteiger partial charge >= 0.3 is 0 Å². The molecule has 2 aromatic rings. The molecule has 0 atom stereocenters. The van der Waals surface area contributed by atoms with E-state index in [1.165, 1.54) is 12.8 Å². The van der Waals surface area contributed by atoms with Crippen molar-refractivity contribution in [3.63, 3.8) is 0 Å². The number of aryl methyl sites for hydroxylation is 1. The lowest BCUT2D eigenvalue weighted by Crippen LogP contribution is -2.40. The van der Waals surface area contributed by atoms with Gasteiger partial charge in [0.1, 0.15) is 5.01 Å². The topological polar surface area (TPSA) is 56.7 Å². The molecule has 0 spiro atoms. The third kappa shape index (κ3) is 2.32. The first kappa shape index (κ1) is 12.8. The third-order valence-electron chi connectivity index (χ3n) is 4.18. The molecule has 0 saturated heterocycles. The Hall–Kier alpha value is -1.20. The SMILES string of the molecule is CC1CCC(N)(c2nc(-c3ccnn3C)cs2)CC1. The van der Waals surface area contributed by atoms with E-state index in [9.17, 15) is 0 Å². The highest BCUT2D eigenvalue weighted by molar-refractivity contribution is 7.10. The molecule has 102 valence electrons. The fourth-order valence-electron chi connectivity index (χ4n) is 2.74. The number of hydrogen-bond donors (Lipinski definition) is 1. The van der Waals surface area contributed by atoms with Crippen molar-refractivity contribution in [2.45, 2.75) is 38.1 Å². The first-order chi connectivity index (χ1) is 9.08. The Bertz CT molecular complexity index is 564. The minimum absolute atomic E-state index is 0.214. The molecule has 0 unspecified atom stereocenters. The average molecular weight is 276 g/mol. The quantitative estimate of drug-likeness (QED) is 0.917. The van der Waals surface area contributed by atoms with Crippen LogP contribution < -0.4 is 5.73 Å². The smallest absolute Gasteiger partial charge is 0.113 e. The highest BCUT2D eigenvalue weighted by Gasteiger charge is 2.34. The zero-order valence-corrected chi connectivity index (χ0v) is 12.3. The molecule has 2 N–H and O–H groups in total. The molecular formula is C14H20N4S. The summed E-state index contributed by atoms with van der Waals surface area (Å²) in [6.07, 6.45) is 6.31. The van der Waals surface area contributed by atoms with E-state index >= 15 is 0 Å². The molecule has 5 heteroatoms. The summed E-state index contributed by atoms with van der Waals surface area (Å²) in [5.74, 6) is 0.799. The lowest BCUT2D eigenvalue weighted by molar-refractivity contribution is 0.247. The van der Waals surface area contributed by atoms with Crippen LogP contribution in [0.3, 0.4) is 0 Å². The van der Waals surface area contributed by atoms with E-state index in [2.05, 4.69) is 17.4 Å². The Morgan fingerprint density at radius 2 is 2.16 bits per heavy atom. The molecule has 3 rings (SSSR count). The van der Waals surface area contributed by atoms with Crippen molar-refractivity contribution in [3.05, 3.63) is 22.7 Å². The standard InChI is InChI=1S/C14H20N4S/c1-10-3-6-14(15,7-4-10)13-17-11(9-19-13)12-5-8-16-18(12)2/h5,8-10H,3-4,6-7,15H2,1-2H3. The van der Waals surface area contributed by atoms with E-state index in [-0.39, 0.29) is 5.54 Å². The van der Waals surface area contributed by atoms with Gasteiger partial charge in [-0.2, -0.15) is 5.10 Å². The fraction of sp³-hybridized carbons (Fsp3) is 0.571. The van der Waals surface area contributed by atoms with Crippen LogP contribution in [0.5, 0.6) is 0 Å². The van der Waals surface area contributed by atoms with Crippen molar-refractivity contribution in [2.75, 3.05) is 0 Å². The van der Waals surface area contributed by atoms with Gasteiger partial charge in [0, 0.05) is 18.6 Å². The second-order valence-corrected chi connectivity index (χ2v) is 6.57. The van der Waals surface area contributed by atoms with Crippen LogP contribution in [0, 0.1) is 5.92 Å². The number of hydrogen-bond acceptors (Lipinski definition) is 4. The molecule has 1 aliphatic rings. The lowest BCUT2D eigenvalue weighted by Gasteiger charge is -2.34. The van der Waals surface area contributed by atoms with Crippen molar-refractivity contribution >= 4 is 11.3 Å². The van der Waals surface area contributed by atoms with Crippen LogP contribution >= 0.6 is 11.3 Å². The van der Waals surface area contributed by atoms with Gasteiger partial charge in [-0.15, -0.1) is 11.3 Å². The molecule has 1 aliphatic carbocycles. The second kappa shape index (κ2) is 4.72. The lowest BCUT2D eigenvalue weighted by atomic mass is 9.78. The van der Waals surface area contributed by atoms with Crippen molar-refractivity contribution in [2.24, 2.45) is 18.7 Å². The van der Waals surface area contributed by atoms with E-state index < -0.39 is 0 Å². The van der Waals surface area contributed by atoms with E-state index in [1.54, 1.807) is 17.5 Å². The van der Waals surface area contributed by atoms with Crippen LogP contribution in [-0.2, 0) is 12.6 Å². The molecule has 0 amide bonds. The summed E-state index contributed by atoms with van der Waals surface area (Å²) in [6.45, 7) is 2.31. The highest BCUT2D eigenvalue weighted by atomic mass is 32.1. The van der Waals surface area contributed by atoms with Gasteiger partial charge in [0.25, 0.3) is 0 Å². The van der Waals surface area contributed by atoms with Gasteiger partial charge in [-0.1, -0.05) is 6.92 Å². The van der Waals surface area contributed by atoms with Crippen molar-refractivity contribution in [1.29, 1.82) is 0 Å². The maximum Gasteiger partial charge on any atom is 0.113 e. The minimum Gasteiger partial charge on any atom is -0.319 e. The van der Waals surface area contributed by atoms with Crippen LogP contribution in [-0.4, -0.2) is 14.8 Å². The van der Waals surface area contributed by atoms with E-state index in [4.69, 9.17) is 10.7 Å². The molecule has 4 nitrogen and oxygen atoms in total. The summed E-state index contributed by atoms with van der Waals surface area (Å²) < 4.78 is 1.85. The van der Waals surface area contributed by atoms with Gasteiger partial charge in [-0.05, 0) is 37.7 Å². The highest BCUT2D eigenvalue weighted by Crippen LogP contribution is 2.39. The fourth-order valence-corrected chi connectivity index (χ4v) is 3.72. The van der Waals surface area contributed by atoms with Crippen LogP contribution in [0.4, 0.5) is 0 Å². The largest absolute Gasteiger partial charge is 0.319 e. The van der Waals surface area contributed by atoms with Crippen LogP contribution in [0.15, 0.2) is 17.6 Å². The summed E-state index contributed by atoms with van der Waals surface area (Å²) in [5, 5.41) is 7.37. The molecule has 0 bridgehead atoms. The molecule has 1 saturated carbocycles. The Balaban J connectivity index is 1.87. The van der Waals surface area contributed by atoms with Crippen LogP contribution in [0.2, 0.25) is 0 Å². The molecular weight excluding hydrogens is 256 g/mol. The number of nitrogens with two attached hydrogens (primary N) is 1. The van der Waals surface area contributed by atoms with E-state index in [1.807, 2.05) is 17.8 Å². The number of rotatable bonds is 2. The first-order valence-electron chi connectivity index (χ1n) is 6.82. The van der Waals surface area contributed by atoms with Crippen LogP contribution in [0.25, 0.3) is 11.4 Å². The van der Waals surface area contributed by atoms with Gasteiger partial charge in [-0.3, -0.25) is 4.68 Å². The number of nitrogens with zero attached hydrogens (tertiary/aromatic N) is 3. The molecule has 0 aromatic carbocycles. The van der Waals surface area contributed by atoms with Gasteiger partial charge < -0.3 is 5.73 Å². The first-order valence-corrected chi connectivity index (χ1v) is 7.70. The maximum absolute atomic E-state index is 6.57. The average Bonchev–Trinajstić information content (AvgIpc) is 3.01. The summed E-state index contributed by atoms with van der Waals surface area (Å²) >= 11 is 1.69. The van der Waals surface area contributed by atoms with Crippen molar-refractivity contribution < 1.29 is 0 Å². The van der Waals surface area contributed by atoms with Gasteiger partial charge in [-0.25, -0.2) is 4.98 Å². The van der Waals surface area contributed by atoms with E-state index in [0.717, 1.165) is 35.2 Å². The molecule has 0 radical (unpaired) electrons. The number of thiazole rings is 1. The molecule has 1 fully saturated rings. The maximum atomic E-state index is 6.57. The Morgan fingerprint density at radius 1 is 1.42 bits per heavy atom. The predicted octanol–water partition coefficient (Wildman–Crippen LogP) is 2.91. The normalized spacial score (nSPS) is 27.6. The van der Waals surface area contributed by atoms with Crippen molar-refractivity contribution in [3.8, 4) is 11.4 Å². The molecule has 0 aliphatic heterocycles. The Morgan fingerprint density at radius 3 is 2.79 bits per heavy atom. The minimum atomic E-state index is -0.214. The Labute approximate surface area is 117 Å². The number of aromatic nitrogens is 3.